The molecule has 0 atom stereocenters. The van der Waals surface area contributed by atoms with Gasteiger partial charge < -0.3 is 29.6 Å². The highest BCUT2D eigenvalue weighted by Gasteiger charge is 2.56. The lowest BCUT2D eigenvalue weighted by atomic mass is 10.0. The molecule has 0 radical (unpaired) electrons. The van der Waals surface area contributed by atoms with Crippen molar-refractivity contribution in [2.45, 2.75) is 12.8 Å². The molecule has 1 aromatic rings. The Morgan fingerprint density at radius 3 is 2.04 bits per heavy atom. The van der Waals surface area contributed by atoms with Gasteiger partial charge in [0.15, 0.2) is 11.5 Å². The van der Waals surface area contributed by atoms with Gasteiger partial charge in [0, 0.05) is 31.5 Å². The lowest BCUT2D eigenvalue weighted by Crippen LogP contribution is -2.41. The number of benzene rings is 1. The molecule has 2 amide bonds. The topological polar surface area (TPSA) is 95.1 Å². The maximum absolute atomic E-state index is 12.6. The average Bonchev–Trinajstić information content (AvgIpc) is 3.42. The summed E-state index contributed by atoms with van der Waals surface area (Å²) < 4.78 is 20.7. The van der Waals surface area contributed by atoms with Crippen LogP contribution in [0.5, 0.6) is 17.2 Å². The number of anilines is 1. The van der Waals surface area contributed by atoms with E-state index >= 15 is 0 Å². The molecule has 1 fully saturated rings. The van der Waals surface area contributed by atoms with Gasteiger partial charge in [-0.15, -0.1) is 0 Å². The van der Waals surface area contributed by atoms with E-state index in [-0.39, 0.29) is 11.8 Å². The Balaban J connectivity index is 2.13. The molecule has 8 nitrogen and oxygen atoms in total. The zero-order valence-electron chi connectivity index (χ0n) is 14.9. The Morgan fingerprint density at radius 1 is 1.00 bits per heavy atom. The van der Waals surface area contributed by atoms with Gasteiger partial charge in [-0.1, -0.05) is 0 Å². The summed E-state index contributed by atoms with van der Waals surface area (Å²) in [4.78, 5) is 24.9. The van der Waals surface area contributed by atoms with Gasteiger partial charge in [0.25, 0.3) is 0 Å². The Hall–Kier alpha value is -2.48. The second-order valence-electron chi connectivity index (χ2n) is 5.70. The monoisotopic (exact) mass is 352 g/mol. The van der Waals surface area contributed by atoms with Crippen LogP contribution in [0.1, 0.15) is 12.8 Å². The largest absolute Gasteiger partial charge is 0.493 e. The summed E-state index contributed by atoms with van der Waals surface area (Å²) >= 11 is 0. The van der Waals surface area contributed by atoms with E-state index in [0.29, 0.717) is 48.9 Å². The summed E-state index contributed by atoms with van der Waals surface area (Å²) in [6.45, 7) is 0.769. The van der Waals surface area contributed by atoms with Crippen molar-refractivity contribution in [1.82, 2.24) is 5.32 Å². The Kier molecular flexibility index (Phi) is 6.08. The first-order chi connectivity index (χ1) is 12.0. The van der Waals surface area contributed by atoms with Gasteiger partial charge in [-0.05, 0) is 12.8 Å². The van der Waals surface area contributed by atoms with Crippen LogP contribution in [0.3, 0.4) is 0 Å². The van der Waals surface area contributed by atoms with E-state index in [9.17, 15) is 9.59 Å². The maximum atomic E-state index is 12.6. The molecule has 0 heterocycles. The van der Waals surface area contributed by atoms with Gasteiger partial charge >= 0.3 is 0 Å². The molecule has 138 valence electrons. The first-order valence-corrected chi connectivity index (χ1v) is 7.91. The van der Waals surface area contributed by atoms with Crippen molar-refractivity contribution in [1.29, 1.82) is 0 Å². The predicted molar refractivity (Wildman–Crippen MR) is 91.3 cm³/mol. The number of ether oxygens (including phenoxy) is 4. The molecule has 25 heavy (non-hydrogen) atoms. The molecule has 2 rings (SSSR count). The van der Waals surface area contributed by atoms with Crippen molar-refractivity contribution in [2.24, 2.45) is 5.41 Å². The minimum absolute atomic E-state index is 0.283. The molecule has 8 heteroatoms. The van der Waals surface area contributed by atoms with Crippen molar-refractivity contribution in [3.63, 3.8) is 0 Å². The Morgan fingerprint density at radius 2 is 1.60 bits per heavy atom. The van der Waals surface area contributed by atoms with Crippen molar-refractivity contribution in [2.75, 3.05) is 46.9 Å². The smallest absolute Gasteiger partial charge is 0.240 e. The molecule has 2 N–H and O–H groups in total. The van der Waals surface area contributed by atoms with Gasteiger partial charge in [-0.3, -0.25) is 9.59 Å². The predicted octanol–water partition coefficient (Wildman–Crippen LogP) is 1.19. The van der Waals surface area contributed by atoms with Gasteiger partial charge in [-0.2, -0.15) is 0 Å². The molecule has 0 bridgehead atoms. The van der Waals surface area contributed by atoms with Crippen LogP contribution < -0.4 is 24.8 Å². The molecule has 1 aromatic carbocycles. The molecule has 0 unspecified atom stereocenters. The quantitative estimate of drug-likeness (QED) is 0.512. The van der Waals surface area contributed by atoms with Crippen LogP contribution in [0.15, 0.2) is 12.1 Å². The number of methoxy groups -OCH3 is 4. The Bertz CT molecular complexity index is 617. The number of carbonyl (C=O) groups excluding carboxylic acids is 2. The van der Waals surface area contributed by atoms with E-state index in [4.69, 9.17) is 18.9 Å². The first-order valence-electron chi connectivity index (χ1n) is 7.91. The number of amides is 2. The zero-order chi connectivity index (χ0) is 18.4. The highest BCUT2D eigenvalue weighted by Crippen LogP contribution is 2.47. The summed E-state index contributed by atoms with van der Waals surface area (Å²) in [5, 5.41) is 5.49. The number of carbonyl (C=O) groups is 2. The standard InChI is InChI=1S/C17H24N2O6/c1-22-8-7-18-15(20)17(5-6-17)16(21)19-11-9-12(23-2)14(25-4)13(10-11)24-3/h9-10H,5-8H2,1-4H3,(H,18,20)(H,19,21). The lowest BCUT2D eigenvalue weighted by molar-refractivity contribution is -0.134. The van der Waals surface area contributed by atoms with Crippen LogP contribution in [-0.2, 0) is 14.3 Å². The van der Waals surface area contributed by atoms with Crippen LogP contribution in [0.4, 0.5) is 5.69 Å². The first kappa shape index (κ1) is 18.9. The average molecular weight is 352 g/mol. The number of nitrogens with one attached hydrogen (secondary N) is 2. The van der Waals surface area contributed by atoms with E-state index < -0.39 is 5.41 Å². The molecule has 0 aromatic heterocycles. The van der Waals surface area contributed by atoms with Crippen LogP contribution in [0.25, 0.3) is 0 Å². The summed E-state index contributed by atoms with van der Waals surface area (Å²) in [6.07, 6.45) is 1.03. The normalized spacial score (nSPS) is 14.4. The van der Waals surface area contributed by atoms with Crippen LogP contribution in [-0.4, -0.2) is 53.4 Å². The summed E-state index contributed by atoms with van der Waals surface area (Å²) in [5.74, 6) is 0.644. The fourth-order valence-corrected chi connectivity index (χ4v) is 2.52. The van der Waals surface area contributed by atoms with Crippen LogP contribution in [0.2, 0.25) is 0 Å². The SMILES string of the molecule is COCCNC(=O)C1(C(=O)Nc2cc(OC)c(OC)c(OC)c2)CC1. The van der Waals surface area contributed by atoms with E-state index in [1.54, 1.807) is 19.2 Å². The number of rotatable bonds is 9. The van der Waals surface area contributed by atoms with E-state index in [1.165, 1.54) is 21.3 Å². The van der Waals surface area contributed by atoms with Crippen LogP contribution in [0, 0.1) is 5.41 Å². The van der Waals surface area contributed by atoms with Gasteiger partial charge in [-0.25, -0.2) is 0 Å². The molecule has 1 aliphatic carbocycles. The van der Waals surface area contributed by atoms with Crippen molar-refractivity contribution in [3.05, 3.63) is 12.1 Å². The lowest BCUT2D eigenvalue weighted by Gasteiger charge is -2.17. The van der Waals surface area contributed by atoms with E-state index in [0.717, 1.165) is 0 Å². The summed E-state index contributed by atoms with van der Waals surface area (Å²) in [5.41, 5.74) is -0.552. The van der Waals surface area contributed by atoms with Crippen molar-refractivity contribution < 1.29 is 28.5 Å². The van der Waals surface area contributed by atoms with Gasteiger partial charge in [0.05, 0.1) is 27.9 Å². The second kappa shape index (κ2) is 8.06. The third-order valence-electron chi connectivity index (χ3n) is 4.13. The minimum Gasteiger partial charge on any atom is -0.493 e. The summed E-state index contributed by atoms with van der Waals surface area (Å²) in [7, 11) is 6.04. The highest BCUT2D eigenvalue weighted by molar-refractivity contribution is 6.13. The van der Waals surface area contributed by atoms with E-state index in [1.807, 2.05) is 0 Å². The molecule has 0 spiro atoms. The maximum Gasteiger partial charge on any atom is 0.240 e. The summed E-state index contributed by atoms with van der Waals surface area (Å²) in [6, 6.07) is 3.25. The van der Waals surface area contributed by atoms with Crippen molar-refractivity contribution in [3.8, 4) is 17.2 Å². The molecule has 1 aliphatic rings. The van der Waals surface area contributed by atoms with Crippen LogP contribution >= 0.6 is 0 Å². The third kappa shape index (κ3) is 3.96. The Labute approximate surface area is 146 Å². The van der Waals surface area contributed by atoms with Gasteiger partial charge in [0.2, 0.25) is 17.6 Å². The molecular formula is C17H24N2O6. The number of hydrogen-bond donors (Lipinski definition) is 2. The highest BCUT2D eigenvalue weighted by atomic mass is 16.5. The second-order valence-corrected chi connectivity index (χ2v) is 5.70. The van der Waals surface area contributed by atoms with Crippen molar-refractivity contribution >= 4 is 17.5 Å². The molecule has 0 aliphatic heterocycles. The number of hydrogen-bond acceptors (Lipinski definition) is 6. The van der Waals surface area contributed by atoms with E-state index in [2.05, 4.69) is 10.6 Å². The van der Waals surface area contributed by atoms with Gasteiger partial charge in [0.1, 0.15) is 5.41 Å². The fourth-order valence-electron chi connectivity index (χ4n) is 2.52. The zero-order valence-corrected chi connectivity index (χ0v) is 14.9. The third-order valence-corrected chi connectivity index (χ3v) is 4.13. The molecular weight excluding hydrogens is 328 g/mol. The fraction of sp³-hybridized carbons (Fsp3) is 0.529. The molecule has 0 saturated heterocycles. The molecule has 1 saturated carbocycles. The minimum atomic E-state index is -1.02.